The third-order valence-corrected chi connectivity index (χ3v) is 6.63. The summed E-state index contributed by atoms with van der Waals surface area (Å²) in [7, 11) is 0. The zero-order valence-electron chi connectivity index (χ0n) is 21.1. The normalized spacial score (nSPS) is 14.9. The van der Waals surface area contributed by atoms with Crippen molar-refractivity contribution in [3.05, 3.63) is 141 Å². The average Bonchev–Trinajstić information content (AvgIpc) is 2.94. The van der Waals surface area contributed by atoms with Crippen molar-refractivity contribution in [3.8, 4) is 0 Å². The van der Waals surface area contributed by atoms with E-state index in [2.05, 4.69) is 0 Å². The van der Waals surface area contributed by atoms with E-state index in [0.29, 0.717) is 0 Å². The van der Waals surface area contributed by atoms with E-state index in [0.717, 1.165) is 48.5 Å². The zero-order valence-corrected chi connectivity index (χ0v) is 21.1. The maximum Gasteiger partial charge on any atom is 0.417 e. The van der Waals surface area contributed by atoms with Crippen LogP contribution in [-0.4, -0.2) is 15.3 Å². The number of benzene rings is 4. The van der Waals surface area contributed by atoms with Crippen LogP contribution in [0.4, 0.5) is 39.5 Å². The van der Waals surface area contributed by atoms with Gasteiger partial charge in [-0.3, -0.25) is 0 Å². The Hall–Kier alpha value is -3.87. The van der Waals surface area contributed by atoms with Crippen LogP contribution >= 0.6 is 0 Å². The third-order valence-electron chi connectivity index (χ3n) is 6.63. The minimum Gasteiger partial charge on any atom is -0.384 e. The highest BCUT2D eigenvalue weighted by Gasteiger charge is 2.54. The molecule has 0 radical (unpaired) electrons. The van der Waals surface area contributed by atoms with Crippen LogP contribution in [0.1, 0.15) is 68.4 Å². The summed E-state index contributed by atoms with van der Waals surface area (Å²) >= 11 is 0. The van der Waals surface area contributed by atoms with Gasteiger partial charge in [-0.2, -0.15) is 39.5 Å². The first kappa shape index (κ1) is 31.1. The molecule has 4 aromatic carbocycles. The van der Waals surface area contributed by atoms with E-state index in [9.17, 15) is 54.8 Å². The summed E-state index contributed by atoms with van der Waals surface area (Å²) in [6, 6.07) is 17.3. The maximum absolute atomic E-state index is 15.0. The van der Waals surface area contributed by atoms with Gasteiger partial charge in [0.15, 0.2) is 0 Å². The van der Waals surface area contributed by atoms with E-state index in [1.54, 1.807) is 0 Å². The van der Waals surface area contributed by atoms with Crippen molar-refractivity contribution in [2.45, 2.75) is 36.8 Å². The Morgan fingerprint density at radius 3 is 0.881 bits per heavy atom. The van der Waals surface area contributed by atoms with E-state index >= 15 is 0 Å². The van der Waals surface area contributed by atoms with E-state index in [-0.39, 0.29) is 0 Å². The third kappa shape index (κ3) is 6.01. The molecule has 0 saturated heterocycles. The highest BCUT2D eigenvalue weighted by Crippen LogP contribution is 2.55. The molecular weight excluding hydrogens is 579 g/mol. The maximum atomic E-state index is 15.0. The Morgan fingerprint density at radius 1 is 0.357 bits per heavy atom. The number of alkyl halides is 9. The van der Waals surface area contributed by atoms with Gasteiger partial charge in [-0.1, -0.05) is 91.0 Å². The van der Waals surface area contributed by atoms with Crippen LogP contribution in [0.2, 0.25) is 0 Å². The molecule has 3 unspecified atom stereocenters. The molecule has 0 heterocycles. The van der Waals surface area contributed by atoms with Gasteiger partial charge < -0.3 is 15.3 Å². The molecule has 3 N–H and O–H groups in total. The second-order valence-corrected chi connectivity index (χ2v) is 9.30. The second-order valence-electron chi connectivity index (χ2n) is 9.30. The SMILES string of the molecule is OC(c1ccccc1)c1c(C(O)c2ccccc2)c(C(F)(F)F)c(C(F)(F)F)c(C(O)c2ccccc2)c1C(F)(F)F. The average molecular weight is 600 g/mol. The fourth-order valence-corrected chi connectivity index (χ4v) is 4.95. The molecule has 42 heavy (non-hydrogen) atoms. The molecule has 3 nitrogen and oxygen atoms in total. The predicted octanol–water partition coefficient (Wildman–Crippen LogP) is 7.99. The minimum absolute atomic E-state index is 0.405. The largest absolute Gasteiger partial charge is 0.417 e. The Bertz CT molecular complexity index is 1520. The van der Waals surface area contributed by atoms with Crippen LogP contribution in [0.3, 0.4) is 0 Å². The Kier molecular flexibility index (Phi) is 8.45. The van der Waals surface area contributed by atoms with Crippen molar-refractivity contribution < 1.29 is 54.8 Å². The van der Waals surface area contributed by atoms with E-state index < -0.39 is 86.9 Å². The first-order valence-corrected chi connectivity index (χ1v) is 12.2. The summed E-state index contributed by atoms with van der Waals surface area (Å²) in [6.45, 7) is 0. The van der Waals surface area contributed by atoms with Crippen molar-refractivity contribution >= 4 is 0 Å². The number of rotatable bonds is 6. The fourth-order valence-electron chi connectivity index (χ4n) is 4.95. The highest BCUT2D eigenvalue weighted by atomic mass is 19.4. The molecule has 3 atom stereocenters. The van der Waals surface area contributed by atoms with Crippen molar-refractivity contribution in [1.29, 1.82) is 0 Å². The van der Waals surface area contributed by atoms with Gasteiger partial charge in [-0.25, -0.2) is 0 Å². The number of aliphatic hydroxyl groups is 3. The summed E-state index contributed by atoms with van der Waals surface area (Å²) in [5, 5.41) is 33.3. The van der Waals surface area contributed by atoms with E-state index in [1.807, 2.05) is 0 Å². The monoisotopic (exact) mass is 600 g/mol. The van der Waals surface area contributed by atoms with Crippen LogP contribution in [0.5, 0.6) is 0 Å². The Balaban J connectivity index is 2.34. The molecule has 0 saturated carbocycles. The number of hydrogen-bond donors (Lipinski definition) is 3. The lowest BCUT2D eigenvalue weighted by atomic mass is 9.77. The summed E-state index contributed by atoms with van der Waals surface area (Å²) in [6.07, 6.45) is -26.2. The highest BCUT2D eigenvalue weighted by molar-refractivity contribution is 5.61. The van der Waals surface area contributed by atoms with Crippen LogP contribution in [0, 0.1) is 0 Å². The van der Waals surface area contributed by atoms with Crippen LogP contribution < -0.4 is 0 Å². The summed E-state index contributed by atoms with van der Waals surface area (Å²) in [5.41, 5.74) is -14.9. The topological polar surface area (TPSA) is 60.7 Å². The zero-order chi connectivity index (χ0) is 31.0. The second kappa shape index (κ2) is 11.4. The molecule has 0 bridgehead atoms. The van der Waals surface area contributed by atoms with Crippen molar-refractivity contribution in [1.82, 2.24) is 0 Å². The molecule has 0 aromatic heterocycles. The van der Waals surface area contributed by atoms with Crippen LogP contribution in [0.15, 0.2) is 91.0 Å². The quantitative estimate of drug-likeness (QED) is 0.197. The molecule has 0 aliphatic rings. The van der Waals surface area contributed by atoms with E-state index in [4.69, 9.17) is 0 Å². The lowest BCUT2D eigenvalue weighted by molar-refractivity contribution is -0.166. The van der Waals surface area contributed by atoms with Gasteiger partial charge >= 0.3 is 18.5 Å². The van der Waals surface area contributed by atoms with Crippen LogP contribution in [0.25, 0.3) is 0 Å². The molecule has 4 aromatic rings. The lowest BCUT2D eigenvalue weighted by Crippen LogP contribution is -2.31. The summed E-state index contributed by atoms with van der Waals surface area (Å²) < 4.78 is 133. The molecule has 0 fully saturated rings. The molecule has 0 aliphatic heterocycles. The molecule has 0 aliphatic carbocycles. The van der Waals surface area contributed by atoms with Crippen molar-refractivity contribution in [3.63, 3.8) is 0 Å². The van der Waals surface area contributed by atoms with Gasteiger partial charge in [0.1, 0.15) is 18.3 Å². The van der Waals surface area contributed by atoms with Crippen molar-refractivity contribution in [2.24, 2.45) is 0 Å². The predicted molar refractivity (Wildman–Crippen MR) is 133 cm³/mol. The van der Waals surface area contributed by atoms with E-state index in [1.165, 1.54) is 42.5 Å². The molecule has 0 spiro atoms. The van der Waals surface area contributed by atoms with Gasteiger partial charge in [0.25, 0.3) is 0 Å². The first-order chi connectivity index (χ1) is 19.5. The first-order valence-electron chi connectivity index (χ1n) is 12.2. The molecule has 12 heteroatoms. The van der Waals surface area contributed by atoms with Crippen molar-refractivity contribution in [2.75, 3.05) is 0 Å². The van der Waals surface area contributed by atoms with Gasteiger partial charge in [-0.05, 0) is 16.7 Å². The molecule has 4 rings (SSSR count). The van der Waals surface area contributed by atoms with Gasteiger partial charge in [0.05, 0.1) is 16.7 Å². The Morgan fingerprint density at radius 2 is 0.595 bits per heavy atom. The fraction of sp³-hybridized carbons (Fsp3) is 0.200. The number of hydrogen-bond acceptors (Lipinski definition) is 3. The lowest BCUT2D eigenvalue weighted by Gasteiger charge is -2.34. The number of halogens is 9. The van der Waals surface area contributed by atoms with Crippen LogP contribution in [-0.2, 0) is 18.5 Å². The van der Waals surface area contributed by atoms with Gasteiger partial charge in [-0.15, -0.1) is 0 Å². The number of aliphatic hydroxyl groups excluding tert-OH is 3. The molecular formula is C30H21F9O3. The standard InChI is InChI=1S/C30H21F9O3/c31-28(32,33)22-19(25(40)16-10-4-1-5-11-16)20(26(41)17-12-6-2-7-13-17)23(29(34,35)36)24(30(37,38)39)21(22)27(42)18-14-8-3-9-15-18/h1-15,25-27,40-42H. The van der Waals surface area contributed by atoms with Gasteiger partial charge in [0.2, 0.25) is 0 Å². The Labute approximate surface area is 233 Å². The summed E-state index contributed by atoms with van der Waals surface area (Å²) in [4.78, 5) is 0. The van der Waals surface area contributed by atoms with Gasteiger partial charge in [0, 0.05) is 16.7 Å². The minimum atomic E-state index is -6.11. The molecule has 0 amide bonds. The molecule has 222 valence electrons. The summed E-state index contributed by atoms with van der Waals surface area (Å²) in [5.74, 6) is 0. The smallest absolute Gasteiger partial charge is 0.384 e.